The van der Waals surface area contributed by atoms with E-state index in [0.29, 0.717) is 0 Å². The molecule has 0 atom stereocenters. The zero-order chi connectivity index (χ0) is 18.8. The molecule has 0 saturated heterocycles. The first-order chi connectivity index (χ1) is 13.1. The van der Waals surface area contributed by atoms with Crippen LogP contribution in [0.25, 0.3) is 22.4 Å². The fourth-order valence-corrected chi connectivity index (χ4v) is 2.93. The molecule has 0 radical (unpaired) electrons. The Morgan fingerprint density at radius 2 is 1.48 bits per heavy atom. The third-order valence-electron chi connectivity index (χ3n) is 4.55. The fourth-order valence-electron chi connectivity index (χ4n) is 2.93. The van der Waals surface area contributed by atoms with Crippen molar-refractivity contribution < 1.29 is 4.79 Å². The summed E-state index contributed by atoms with van der Waals surface area (Å²) in [5.74, 6) is 0.815. The maximum absolute atomic E-state index is 12.1. The summed E-state index contributed by atoms with van der Waals surface area (Å²) in [6, 6.07) is 20.9. The van der Waals surface area contributed by atoms with Crippen molar-refractivity contribution in [2.45, 2.75) is 13.8 Å². The van der Waals surface area contributed by atoms with E-state index in [1.165, 1.54) is 11.1 Å². The first-order valence-corrected chi connectivity index (χ1v) is 8.79. The fraction of sp³-hybridized carbons (Fsp3) is 0.0909. The van der Waals surface area contributed by atoms with E-state index < -0.39 is 0 Å². The molecular weight excluding hydrogens is 336 g/mol. The van der Waals surface area contributed by atoms with Crippen LogP contribution in [0.2, 0.25) is 0 Å². The van der Waals surface area contributed by atoms with E-state index in [0.717, 1.165) is 33.8 Å². The standard InChI is InChI=1S/C22H20N4O/c1-14-12-19-20(13-15(14)2)26-21(25-19)16-8-10-18(11-9-16)24-22(27)23-17-6-4-3-5-7-17/h3-13H,1-2H3,(H,25,26)(H2,23,24,27). The van der Waals surface area contributed by atoms with E-state index in [2.05, 4.69) is 46.6 Å². The van der Waals surface area contributed by atoms with Gasteiger partial charge in [-0.2, -0.15) is 0 Å². The van der Waals surface area contributed by atoms with Gasteiger partial charge in [0.05, 0.1) is 11.0 Å². The molecule has 0 fully saturated rings. The lowest BCUT2D eigenvalue weighted by Gasteiger charge is -2.08. The molecule has 1 heterocycles. The molecule has 0 spiro atoms. The smallest absolute Gasteiger partial charge is 0.323 e. The molecule has 0 unspecified atom stereocenters. The van der Waals surface area contributed by atoms with Crippen molar-refractivity contribution in [2.24, 2.45) is 0 Å². The van der Waals surface area contributed by atoms with E-state index in [4.69, 9.17) is 0 Å². The van der Waals surface area contributed by atoms with Gasteiger partial charge in [0.1, 0.15) is 5.82 Å². The average Bonchev–Trinajstić information content (AvgIpc) is 3.06. The van der Waals surface area contributed by atoms with Crippen molar-refractivity contribution in [3.63, 3.8) is 0 Å². The third-order valence-corrected chi connectivity index (χ3v) is 4.55. The molecule has 2 amide bonds. The highest BCUT2D eigenvalue weighted by atomic mass is 16.2. The summed E-state index contributed by atoms with van der Waals surface area (Å²) in [6.45, 7) is 4.18. The second-order valence-corrected chi connectivity index (χ2v) is 6.56. The van der Waals surface area contributed by atoms with Crippen molar-refractivity contribution >= 4 is 28.4 Å². The van der Waals surface area contributed by atoms with Gasteiger partial charge < -0.3 is 15.6 Å². The number of aromatic nitrogens is 2. The maximum atomic E-state index is 12.1. The number of hydrogen-bond acceptors (Lipinski definition) is 2. The number of anilines is 2. The van der Waals surface area contributed by atoms with Gasteiger partial charge in [0, 0.05) is 16.9 Å². The quantitative estimate of drug-likeness (QED) is 0.454. The molecule has 134 valence electrons. The molecule has 0 aliphatic carbocycles. The van der Waals surface area contributed by atoms with E-state index in [1.807, 2.05) is 54.6 Å². The normalized spacial score (nSPS) is 10.7. The van der Waals surface area contributed by atoms with E-state index in [1.54, 1.807) is 0 Å². The molecule has 4 aromatic rings. The van der Waals surface area contributed by atoms with Crippen molar-refractivity contribution in [2.75, 3.05) is 10.6 Å². The predicted molar refractivity (Wildman–Crippen MR) is 110 cm³/mol. The summed E-state index contributed by atoms with van der Waals surface area (Å²) in [4.78, 5) is 20.1. The van der Waals surface area contributed by atoms with Gasteiger partial charge in [-0.15, -0.1) is 0 Å². The molecule has 0 aliphatic heterocycles. The number of carbonyl (C=O) groups is 1. The summed E-state index contributed by atoms with van der Waals surface area (Å²) in [7, 11) is 0. The Morgan fingerprint density at radius 3 is 2.19 bits per heavy atom. The monoisotopic (exact) mass is 356 g/mol. The lowest BCUT2D eigenvalue weighted by atomic mass is 10.1. The minimum atomic E-state index is -0.274. The van der Waals surface area contributed by atoms with Crippen LogP contribution in [0, 0.1) is 13.8 Å². The van der Waals surface area contributed by atoms with Gasteiger partial charge in [0.25, 0.3) is 0 Å². The molecule has 3 aromatic carbocycles. The van der Waals surface area contributed by atoms with Crippen LogP contribution in [0.15, 0.2) is 66.7 Å². The first kappa shape index (κ1) is 16.8. The number of aryl methyl sites for hydroxylation is 2. The van der Waals surface area contributed by atoms with Gasteiger partial charge in [-0.05, 0) is 73.5 Å². The highest BCUT2D eigenvalue weighted by molar-refractivity contribution is 5.99. The zero-order valence-electron chi connectivity index (χ0n) is 15.2. The minimum absolute atomic E-state index is 0.274. The Bertz CT molecular complexity index is 1060. The van der Waals surface area contributed by atoms with Gasteiger partial charge in [0.15, 0.2) is 0 Å². The molecule has 1 aromatic heterocycles. The number of amides is 2. The summed E-state index contributed by atoms with van der Waals surface area (Å²) < 4.78 is 0. The van der Waals surface area contributed by atoms with Crippen LogP contribution in [0.4, 0.5) is 16.2 Å². The van der Waals surface area contributed by atoms with E-state index in [-0.39, 0.29) is 6.03 Å². The van der Waals surface area contributed by atoms with Crippen molar-refractivity contribution in [3.8, 4) is 11.4 Å². The lowest BCUT2D eigenvalue weighted by Crippen LogP contribution is -2.19. The Kier molecular flexibility index (Phi) is 4.34. The van der Waals surface area contributed by atoms with Crippen LogP contribution < -0.4 is 10.6 Å². The Balaban J connectivity index is 1.49. The van der Waals surface area contributed by atoms with Crippen LogP contribution in [-0.2, 0) is 0 Å². The summed E-state index contributed by atoms with van der Waals surface area (Å²) >= 11 is 0. The molecule has 0 saturated carbocycles. The number of rotatable bonds is 3. The summed E-state index contributed by atoms with van der Waals surface area (Å²) in [5.41, 5.74) is 6.88. The molecule has 0 aliphatic rings. The highest BCUT2D eigenvalue weighted by Gasteiger charge is 2.08. The molecule has 5 heteroatoms. The Hall–Kier alpha value is -3.60. The van der Waals surface area contributed by atoms with Gasteiger partial charge >= 0.3 is 6.03 Å². The van der Waals surface area contributed by atoms with E-state index in [9.17, 15) is 4.79 Å². The number of carbonyl (C=O) groups excluding carboxylic acids is 1. The van der Waals surface area contributed by atoms with Crippen LogP contribution in [0.1, 0.15) is 11.1 Å². The van der Waals surface area contributed by atoms with Gasteiger partial charge in [-0.1, -0.05) is 18.2 Å². The predicted octanol–water partition coefficient (Wildman–Crippen LogP) is 5.49. The zero-order valence-corrected chi connectivity index (χ0v) is 15.2. The molecular formula is C22H20N4O. The maximum Gasteiger partial charge on any atom is 0.323 e. The van der Waals surface area contributed by atoms with Crippen LogP contribution in [0.5, 0.6) is 0 Å². The topological polar surface area (TPSA) is 69.8 Å². The number of benzene rings is 3. The SMILES string of the molecule is Cc1cc2nc(-c3ccc(NC(=O)Nc4ccccc4)cc3)[nH]c2cc1C. The van der Waals surface area contributed by atoms with Crippen molar-refractivity contribution in [3.05, 3.63) is 77.9 Å². The number of imidazole rings is 1. The lowest BCUT2D eigenvalue weighted by molar-refractivity contribution is 0.262. The van der Waals surface area contributed by atoms with Crippen LogP contribution >= 0.6 is 0 Å². The molecule has 4 rings (SSSR count). The Labute approximate surface area is 157 Å². The number of hydrogen-bond donors (Lipinski definition) is 3. The van der Waals surface area contributed by atoms with Crippen molar-refractivity contribution in [1.82, 2.24) is 9.97 Å². The largest absolute Gasteiger partial charge is 0.338 e. The third kappa shape index (κ3) is 3.67. The molecule has 5 nitrogen and oxygen atoms in total. The number of nitrogens with one attached hydrogen (secondary N) is 3. The van der Waals surface area contributed by atoms with Crippen molar-refractivity contribution in [1.29, 1.82) is 0 Å². The Morgan fingerprint density at radius 1 is 0.852 bits per heavy atom. The number of fused-ring (bicyclic) bond motifs is 1. The summed E-state index contributed by atoms with van der Waals surface area (Å²) in [6.07, 6.45) is 0. The first-order valence-electron chi connectivity index (χ1n) is 8.79. The molecule has 0 bridgehead atoms. The molecule has 27 heavy (non-hydrogen) atoms. The number of H-pyrrole nitrogens is 1. The highest BCUT2D eigenvalue weighted by Crippen LogP contribution is 2.24. The van der Waals surface area contributed by atoms with Crippen LogP contribution in [-0.4, -0.2) is 16.0 Å². The van der Waals surface area contributed by atoms with Crippen LogP contribution in [0.3, 0.4) is 0 Å². The summed E-state index contributed by atoms with van der Waals surface area (Å²) in [5, 5.41) is 5.63. The minimum Gasteiger partial charge on any atom is -0.338 e. The van der Waals surface area contributed by atoms with E-state index >= 15 is 0 Å². The second-order valence-electron chi connectivity index (χ2n) is 6.56. The second kappa shape index (κ2) is 6.96. The number of nitrogens with zero attached hydrogens (tertiary/aromatic N) is 1. The van der Waals surface area contributed by atoms with Gasteiger partial charge in [-0.3, -0.25) is 0 Å². The number of para-hydroxylation sites is 1. The van der Waals surface area contributed by atoms with Gasteiger partial charge in [0.2, 0.25) is 0 Å². The van der Waals surface area contributed by atoms with Gasteiger partial charge in [-0.25, -0.2) is 9.78 Å². The number of aromatic amines is 1. The average molecular weight is 356 g/mol. The number of urea groups is 1. The molecule has 3 N–H and O–H groups in total.